The minimum atomic E-state index is -0.728. The molecule has 0 spiro atoms. The van der Waals surface area contributed by atoms with Gasteiger partial charge in [0.25, 0.3) is 5.91 Å². The summed E-state index contributed by atoms with van der Waals surface area (Å²) in [7, 11) is 1.50. The van der Waals surface area contributed by atoms with Gasteiger partial charge in [0.1, 0.15) is 0 Å². The van der Waals surface area contributed by atoms with Crippen LogP contribution in [0.15, 0.2) is 42.5 Å². The van der Waals surface area contributed by atoms with Gasteiger partial charge in [0.2, 0.25) is 0 Å². The first kappa shape index (κ1) is 21.9. The summed E-state index contributed by atoms with van der Waals surface area (Å²) >= 11 is 0. The Labute approximate surface area is 169 Å². The molecule has 0 radical (unpaired) electrons. The molecule has 0 atom stereocenters. The summed E-state index contributed by atoms with van der Waals surface area (Å²) in [5, 5.41) is 7.74. The van der Waals surface area contributed by atoms with Crippen LogP contribution < -0.4 is 16.0 Å². The van der Waals surface area contributed by atoms with Gasteiger partial charge < -0.3 is 20.1 Å². The minimum Gasteiger partial charge on any atom is -0.452 e. The molecule has 3 amide bonds. The molecular weight excluding hydrogens is 374 g/mol. The first-order valence-electron chi connectivity index (χ1n) is 9.08. The molecule has 0 aromatic heterocycles. The number of esters is 1. The first-order valence-corrected chi connectivity index (χ1v) is 9.08. The third-order valence-electron chi connectivity index (χ3n) is 4.20. The topological polar surface area (TPSA) is 106 Å². The van der Waals surface area contributed by atoms with Crippen molar-refractivity contribution in [2.45, 2.75) is 13.8 Å². The molecule has 0 saturated carbocycles. The summed E-state index contributed by atoms with van der Waals surface area (Å²) in [5.41, 5.74) is 3.90. The fourth-order valence-corrected chi connectivity index (χ4v) is 2.48. The maximum Gasteiger partial charge on any atom is 0.340 e. The van der Waals surface area contributed by atoms with E-state index in [2.05, 4.69) is 16.0 Å². The molecule has 0 bridgehead atoms. The van der Waals surface area contributed by atoms with Crippen LogP contribution in [0.3, 0.4) is 0 Å². The monoisotopic (exact) mass is 399 g/mol. The maximum atomic E-state index is 12.4. The summed E-state index contributed by atoms with van der Waals surface area (Å²) < 4.78 is 9.84. The Balaban J connectivity index is 1.97. The lowest BCUT2D eigenvalue weighted by Gasteiger charge is -2.14. The smallest absolute Gasteiger partial charge is 0.340 e. The number of urea groups is 1. The van der Waals surface area contributed by atoms with E-state index in [9.17, 15) is 14.4 Å². The Morgan fingerprint density at radius 1 is 0.966 bits per heavy atom. The number of carbonyl (C=O) groups excluding carboxylic acids is 3. The summed E-state index contributed by atoms with van der Waals surface area (Å²) in [6, 6.07) is 12.0. The van der Waals surface area contributed by atoms with Crippen LogP contribution in [0.5, 0.6) is 0 Å². The highest BCUT2D eigenvalue weighted by atomic mass is 16.5. The molecule has 29 heavy (non-hydrogen) atoms. The highest BCUT2D eigenvalue weighted by molar-refractivity contribution is 5.99. The molecule has 0 aliphatic heterocycles. The summed E-state index contributed by atoms with van der Waals surface area (Å²) in [5.74, 6) is -1.40. The molecule has 2 rings (SSSR count). The minimum absolute atomic E-state index is 0.257. The molecule has 0 heterocycles. The van der Waals surface area contributed by atoms with Crippen LogP contribution in [0.1, 0.15) is 21.5 Å². The number of methoxy groups -OCH3 is 1. The quantitative estimate of drug-likeness (QED) is 0.466. The fraction of sp³-hybridized carbons (Fsp3) is 0.286. The van der Waals surface area contributed by atoms with Crippen LogP contribution in [-0.4, -0.2) is 44.8 Å². The highest BCUT2D eigenvalue weighted by Gasteiger charge is 2.16. The number of hydrogen-bond acceptors (Lipinski definition) is 6. The second kappa shape index (κ2) is 10.8. The van der Waals surface area contributed by atoms with Crippen molar-refractivity contribution in [3.63, 3.8) is 0 Å². The Morgan fingerprint density at radius 2 is 1.69 bits per heavy atom. The molecule has 8 nitrogen and oxygen atoms in total. The number of rotatable bonds is 8. The normalized spacial score (nSPS) is 10.2. The lowest BCUT2D eigenvalue weighted by molar-refractivity contribution is -0.123. The lowest BCUT2D eigenvalue weighted by atomic mass is 10.1. The van der Waals surface area contributed by atoms with Crippen LogP contribution in [0, 0.1) is 13.8 Å². The number of anilines is 2. The van der Waals surface area contributed by atoms with Crippen LogP contribution in [0.2, 0.25) is 0 Å². The van der Waals surface area contributed by atoms with Crippen LogP contribution in [0.25, 0.3) is 0 Å². The van der Waals surface area contributed by atoms with Crippen molar-refractivity contribution in [1.29, 1.82) is 0 Å². The van der Waals surface area contributed by atoms with E-state index >= 15 is 0 Å². The number of nitrogens with one attached hydrogen (secondary N) is 3. The van der Waals surface area contributed by atoms with Crippen LogP contribution >= 0.6 is 0 Å². The zero-order valence-electron chi connectivity index (χ0n) is 16.7. The number of aryl methyl sites for hydroxylation is 1. The van der Waals surface area contributed by atoms with Gasteiger partial charge in [-0.25, -0.2) is 9.59 Å². The van der Waals surface area contributed by atoms with Crippen molar-refractivity contribution in [1.82, 2.24) is 10.6 Å². The molecule has 3 N–H and O–H groups in total. The molecular formula is C21H25N3O5. The average Bonchev–Trinajstić information content (AvgIpc) is 2.70. The van der Waals surface area contributed by atoms with Crippen molar-refractivity contribution in [2.75, 3.05) is 32.2 Å². The van der Waals surface area contributed by atoms with E-state index in [0.717, 1.165) is 16.8 Å². The molecule has 154 valence electrons. The van der Waals surface area contributed by atoms with Gasteiger partial charge in [0, 0.05) is 19.3 Å². The number of para-hydroxylation sites is 1. The third kappa shape index (κ3) is 6.62. The number of imide groups is 1. The molecule has 2 aromatic carbocycles. The average molecular weight is 399 g/mol. The highest BCUT2D eigenvalue weighted by Crippen LogP contribution is 2.25. The van der Waals surface area contributed by atoms with Gasteiger partial charge in [-0.15, -0.1) is 0 Å². The summed E-state index contributed by atoms with van der Waals surface area (Å²) in [4.78, 5) is 35.7. The van der Waals surface area contributed by atoms with E-state index in [1.54, 1.807) is 24.3 Å². The number of carbonyl (C=O) groups is 3. The third-order valence-corrected chi connectivity index (χ3v) is 4.20. The van der Waals surface area contributed by atoms with Crippen molar-refractivity contribution in [2.24, 2.45) is 0 Å². The van der Waals surface area contributed by atoms with E-state index in [0.29, 0.717) is 12.3 Å². The van der Waals surface area contributed by atoms with Gasteiger partial charge >= 0.3 is 12.0 Å². The van der Waals surface area contributed by atoms with Crippen molar-refractivity contribution < 1.29 is 23.9 Å². The predicted octanol–water partition coefficient (Wildman–Crippen LogP) is 2.68. The molecule has 0 unspecified atom stereocenters. The second-order valence-corrected chi connectivity index (χ2v) is 6.29. The number of benzene rings is 2. The Bertz CT molecular complexity index is 882. The second-order valence-electron chi connectivity index (χ2n) is 6.29. The maximum absolute atomic E-state index is 12.4. The van der Waals surface area contributed by atoms with E-state index in [1.807, 2.05) is 32.0 Å². The van der Waals surface area contributed by atoms with Gasteiger partial charge in [0.05, 0.1) is 17.9 Å². The molecule has 0 saturated heterocycles. The van der Waals surface area contributed by atoms with Crippen LogP contribution in [0.4, 0.5) is 16.2 Å². The first-order chi connectivity index (χ1) is 13.9. The van der Waals surface area contributed by atoms with Gasteiger partial charge in [0.15, 0.2) is 6.61 Å². The van der Waals surface area contributed by atoms with Gasteiger partial charge in [-0.1, -0.05) is 24.3 Å². The van der Waals surface area contributed by atoms with Crippen molar-refractivity contribution >= 4 is 29.3 Å². The number of ether oxygens (including phenoxy) is 2. The zero-order chi connectivity index (χ0) is 21.2. The van der Waals surface area contributed by atoms with E-state index in [1.165, 1.54) is 7.11 Å². The Morgan fingerprint density at radius 3 is 2.45 bits per heavy atom. The van der Waals surface area contributed by atoms with E-state index in [-0.39, 0.29) is 12.1 Å². The molecule has 0 aliphatic carbocycles. The number of hydrogen-bond donors (Lipinski definition) is 3. The standard InChI is InChI=1S/C21H25N3O5/c1-14-7-6-10-17(15(14)2)23-18-9-5-4-8-16(18)20(26)29-13-19(25)24-21(27)22-11-12-28-3/h4-10,23H,11-13H2,1-3H3,(H2,22,24,25,27). The van der Waals surface area contributed by atoms with E-state index < -0.39 is 24.5 Å². The molecule has 2 aromatic rings. The number of amides is 3. The van der Waals surface area contributed by atoms with Gasteiger partial charge in [-0.2, -0.15) is 0 Å². The summed E-state index contributed by atoms with van der Waals surface area (Å²) in [6.07, 6.45) is 0. The fourth-order valence-electron chi connectivity index (χ4n) is 2.48. The zero-order valence-corrected chi connectivity index (χ0v) is 16.7. The van der Waals surface area contributed by atoms with Crippen molar-refractivity contribution in [3.8, 4) is 0 Å². The molecule has 0 fully saturated rings. The molecule has 8 heteroatoms. The van der Waals surface area contributed by atoms with Crippen molar-refractivity contribution in [3.05, 3.63) is 59.2 Å². The Kier molecular flexibility index (Phi) is 8.17. The van der Waals surface area contributed by atoms with Crippen LogP contribution in [-0.2, 0) is 14.3 Å². The van der Waals surface area contributed by atoms with Gasteiger partial charge in [-0.05, 0) is 43.2 Å². The van der Waals surface area contributed by atoms with Gasteiger partial charge in [-0.3, -0.25) is 10.1 Å². The molecule has 0 aliphatic rings. The lowest BCUT2D eigenvalue weighted by Crippen LogP contribution is -2.42. The van der Waals surface area contributed by atoms with E-state index in [4.69, 9.17) is 9.47 Å². The largest absolute Gasteiger partial charge is 0.452 e. The predicted molar refractivity (Wildman–Crippen MR) is 109 cm³/mol. The SMILES string of the molecule is COCCNC(=O)NC(=O)COC(=O)c1ccccc1Nc1cccc(C)c1C. The summed E-state index contributed by atoms with van der Waals surface area (Å²) in [6.45, 7) is 3.99. The Hall–Kier alpha value is -3.39.